The van der Waals surface area contributed by atoms with Crippen molar-refractivity contribution in [3.63, 3.8) is 0 Å². The van der Waals surface area contributed by atoms with Crippen molar-refractivity contribution >= 4 is 0 Å². The molecule has 0 aromatic heterocycles. The first kappa shape index (κ1) is 11.2. The Hall–Kier alpha value is -1.60. The lowest BCUT2D eigenvalue weighted by molar-refractivity contribution is 0.142. The molecule has 96 valence electrons. The Morgan fingerprint density at radius 1 is 0.895 bits per heavy atom. The van der Waals surface area contributed by atoms with Gasteiger partial charge >= 0.3 is 0 Å². The Morgan fingerprint density at radius 3 is 1.89 bits per heavy atom. The molecule has 1 nitrogen and oxygen atoms in total. The number of ether oxygens (including phenoxy) is 1. The number of benzene rings is 2. The second-order valence-corrected chi connectivity index (χ2v) is 5.90. The molecule has 0 amide bonds. The molecule has 2 aliphatic rings. The lowest BCUT2D eigenvalue weighted by atomic mass is 9.78. The predicted molar refractivity (Wildman–Crippen MR) is 76.1 cm³/mol. The largest absolute Gasteiger partial charge is 0.381 e. The number of rotatable bonds is 3. The average Bonchev–Trinajstić information content (AvgIpc) is 3.02. The maximum Gasteiger partial charge on any atom is 0.0535 e. The van der Waals surface area contributed by atoms with Crippen LogP contribution >= 0.6 is 0 Å². The highest BCUT2D eigenvalue weighted by atomic mass is 16.5. The lowest BCUT2D eigenvalue weighted by Gasteiger charge is -2.26. The van der Waals surface area contributed by atoms with E-state index < -0.39 is 0 Å². The van der Waals surface area contributed by atoms with Crippen LogP contribution in [0.5, 0.6) is 0 Å². The van der Waals surface area contributed by atoms with Crippen LogP contribution in [0.15, 0.2) is 60.7 Å². The first-order valence-corrected chi connectivity index (χ1v) is 7.08. The average molecular weight is 250 g/mol. The fourth-order valence-corrected chi connectivity index (χ4v) is 3.78. The lowest BCUT2D eigenvalue weighted by Crippen LogP contribution is -2.19. The van der Waals surface area contributed by atoms with Crippen molar-refractivity contribution in [3.05, 3.63) is 71.8 Å². The van der Waals surface area contributed by atoms with Crippen molar-refractivity contribution < 1.29 is 4.74 Å². The summed E-state index contributed by atoms with van der Waals surface area (Å²) in [5.41, 5.74) is 3.23. The third-order valence-corrected chi connectivity index (χ3v) is 4.81. The van der Waals surface area contributed by atoms with Crippen LogP contribution in [0, 0.1) is 11.3 Å². The van der Waals surface area contributed by atoms with E-state index in [1.54, 1.807) is 0 Å². The molecule has 2 fully saturated rings. The molecular weight excluding hydrogens is 232 g/mol. The maximum absolute atomic E-state index is 5.73. The topological polar surface area (TPSA) is 9.23 Å². The molecule has 1 heterocycles. The second-order valence-electron chi connectivity index (χ2n) is 5.90. The molecule has 1 saturated carbocycles. The minimum absolute atomic E-state index is 0.364. The molecule has 0 unspecified atom stereocenters. The maximum atomic E-state index is 5.73. The van der Waals surface area contributed by atoms with E-state index in [1.807, 2.05) is 0 Å². The zero-order valence-corrected chi connectivity index (χ0v) is 11.0. The predicted octanol–water partition coefficient (Wildman–Crippen LogP) is 3.86. The summed E-state index contributed by atoms with van der Waals surface area (Å²) in [7, 11) is 0. The molecule has 0 spiro atoms. The molecule has 1 saturated heterocycles. The smallest absolute Gasteiger partial charge is 0.0535 e. The summed E-state index contributed by atoms with van der Waals surface area (Å²) >= 11 is 0. The summed E-state index contributed by atoms with van der Waals surface area (Å²) in [5, 5.41) is 0. The summed E-state index contributed by atoms with van der Waals surface area (Å²) < 4.78 is 5.73. The Labute approximate surface area is 114 Å². The molecule has 2 aromatic rings. The molecule has 4 rings (SSSR count). The van der Waals surface area contributed by atoms with Crippen molar-refractivity contribution in [2.24, 2.45) is 11.3 Å². The van der Waals surface area contributed by atoms with Crippen LogP contribution in [0.4, 0.5) is 0 Å². The fraction of sp³-hybridized carbons (Fsp3) is 0.333. The molecule has 19 heavy (non-hydrogen) atoms. The normalized spacial score (nSPS) is 28.4. The highest BCUT2D eigenvalue weighted by Crippen LogP contribution is 2.66. The van der Waals surface area contributed by atoms with Crippen LogP contribution in [0.1, 0.15) is 23.5 Å². The zero-order chi connectivity index (χ0) is 12.7. The SMILES string of the molecule is c1ccc(C(c2ccccc2)[C@@]23COC[C@@H]2C3)cc1. The minimum Gasteiger partial charge on any atom is -0.381 e. The van der Waals surface area contributed by atoms with Gasteiger partial charge in [0.05, 0.1) is 13.2 Å². The highest BCUT2D eigenvalue weighted by molar-refractivity contribution is 5.38. The first-order valence-electron chi connectivity index (χ1n) is 7.08. The van der Waals surface area contributed by atoms with E-state index in [0.29, 0.717) is 11.3 Å². The highest BCUT2D eigenvalue weighted by Gasteiger charge is 2.62. The molecule has 1 heteroatoms. The zero-order valence-electron chi connectivity index (χ0n) is 11.0. The van der Waals surface area contributed by atoms with Crippen molar-refractivity contribution in [2.75, 3.05) is 13.2 Å². The standard InChI is InChI=1S/C18H18O/c1-3-7-14(8-4-1)17(15-9-5-2-6-10-15)18-11-16(18)12-19-13-18/h1-10,16-17H,11-13H2/t16-,18-/m0/s1. The van der Waals surface area contributed by atoms with Crippen LogP contribution < -0.4 is 0 Å². The molecule has 0 N–H and O–H groups in total. The summed E-state index contributed by atoms with van der Waals surface area (Å²) in [6, 6.07) is 21.8. The van der Waals surface area contributed by atoms with E-state index in [9.17, 15) is 0 Å². The summed E-state index contributed by atoms with van der Waals surface area (Å²) in [5.74, 6) is 1.25. The van der Waals surface area contributed by atoms with E-state index in [2.05, 4.69) is 60.7 Å². The van der Waals surface area contributed by atoms with Crippen LogP contribution in [-0.4, -0.2) is 13.2 Å². The van der Waals surface area contributed by atoms with E-state index in [1.165, 1.54) is 17.5 Å². The molecule has 0 bridgehead atoms. The minimum atomic E-state index is 0.364. The van der Waals surface area contributed by atoms with Gasteiger partial charge in [-0.3, -0.25) is 0 Å². The molecule has 0 radical (unpaired) electrons. The van der Waals surface area contributed by atoms with Gasteiger partial charge in [-0.05, 0) is 23.5 Å². The Balaban J connectivity index is 1.81. The van der Waals surface area contributed by atoms with Crippen molar-refractivity contribution in [1.82, 2.24) is 0 Å². The van der Waals surface area contributed by atoms with Crippen molar-refractivity contribution in [1.29, 1.82) is 0 Å². The number of hydrogen-bond donors (Lipinski definition) is 0. The quantitative estimate of drug-likeness (QED) is 0.804. The van der Waals surface area contributed by atoms with Crippen LogP contribution in [0.2, 0.25) is 0 Å². The van der Waals surface area contributed by atoms with Gasteiger partial charge in [0.15, 0.2) is 0 Å². The summed E-state index contributed by atoms with van der Waals surface area (Å²) in [6.45, 7) is 1.88. The Bertz CT molecular complexity index is 523. The van der Waals surface area contributed by atoms with Crippen LogP contribution in [0.3, 0.4) is 0 Å². The summed E-state index contributed by atoms with van der Waals surface area (Å²) in [6.07, 6.45) is 1.32. The van der Waals surface area contributed by atoms with Gasteiger partial charge in [-0.2, -0.15) is 0 Å². The third-order valence-electron chi connectivity index (χ3n) is 4.81. The van der Waals surface area contributed by atoms with E-state index in [-0.39, 0.29) is 0 Å². The van der Waals surface area contributed by atoms with Crippen LogP contribution in [0.25, 0.3) is 0 Å². The van der Waals surface area contributed by atoms with E-state index >= 15 is 0 Å². The van der Waals surface area contributed by atoms with Crippen molar-refractivity contribution in [3.8, 4) is 0 Å². The second kappa shape index (κ2) is 4.21. The van der Waals surface area contributed by atoms with Gasteiger partial charge < -0.3 is 4.74 Å². The molecule has 2 atom stereocenters. The van der Waals surface area contributed by atoms with E-state index in [0.717, 1.165) is 19.1 Å². The molecule has 1 aliphatic heterocycles. The molecule has 2 aromatic carbocycles. The van der Waals surface area contributed by atoms with Gasteiger partial charge in [-0.1, -0.05) is 60.7 Å². The summed E-state index contributed by atoms with van der Waals surface area (Å²) in [4.78, 5) is 0. The van der Waals surface area contributed by atoms with E-state index in [4.69, 9.17) is 4.74 Å². The first-order chi connectivity index (χ1) is 9.40. The van der Waals surface area contributed by atoms with Gasteiger partial charge in [0.2, 0.25) is 0 Å². The number of fused-ring (bicyclic) bond motifs is 1. The monoisotopic (exact) mass is 250 g/mol. The molecule has 1 aliphatic carbocycles. The Kier molecular flexibility index (Phi) is 2.49. The van der Waals surface area contributed by atoms with Gasteiger partial charge in [0.25, 0.3) is 0 Å². The van der Waals surface area contributed by atoms with Crippen LogP contribution in [-0.2, 0) is 4.74 Å². The van der Waals surface area contributed by atoms with Crippen molar-refractivity contribution in [2.45, 2.75) is 12.3 Å². The molecular formula is C18H18O. The van der Waals surface area contributed by atoms with Gasteiger partial charge in [-0.15, -0.1) is 0 Å². The number of hydrogen-bond acceptors (Lipinski definition) is 1. The Morgan fingerprint density at radius 2 is 1.47 bits per heavy atom. The van der Waals surface area contributed by atoms with Gasteiger partial charge in [0, 0.05) is 11.3 Å². The fourth-order valence-electron chi connectivity index (χ4n) is 3.78. The van der Waals surface area contributed by atoms with Gasteiger partial charge in [-0.25, -0.2) is 0 Å². The van der Waals surface area contributed by atoms with Gasteiger partial charge in [0.1, 0.15) is 0 Å². The third kappa shape index (κ3) is 1.73.